The van der Waals surface area contributed by atoms with Gasteiger partial charge in [-0.05, 0) is 17.7 Å². The predicted molar refractivity (Wildman–Crippen MR) is 86.0 cm³/mol. The van der Waals surface area contributed by atoms with Gasteiger partial charge in [0, 0.05) is 6.54 Å². The highest BCUT2D eigenvalue weighted by atomic mass is 35.5. The monoisotopic (exact) mass is 348 g/mol. The number of methoxy groups -OCH3 is 2. The molecule has 0 aliphatic rings. The minimum Gasteiger partial charge on any atom is -0.493 e. The number of carbonyl (C=O) groups excluding carboxylic acids is 1. The summed E-state index contributed by atoms with van der Waals surface area (Å²) in [4.78, 5) is 16.9. The van der Waals surface area contributed by atoms with Crippen LogP contribution in [0.1, 0.15) is 5.56 Å². The lowest BCUT2D eigenvalue weighted by Gasteiger charge is -2.22. The van der Waals surface area contributed by atoms with Crippen molar-refractivity contribution >= 4 is 35.3 Å². The summed E-state index contributed by atoms with van der Waals surface area (Å²) in [6.45, 7) is 0.516. The number of ether oxygens (including phenoxy) is 2. The lowest BCUT2D eigenvalue weighted by molar-refractivity contribution is -0.129. The molecule has 0 heterocycles. The molecule has 0 saturated heterocycles. The fraction of sp³-hybridized carbons (Fsp3) is 0.429. The van der Waals surface area contributed by atoms with E-state index in [1.807, 2.05) is 6.07 Å². The zero-order valence-corrected chi connectivity index (χ0v) is 14.1. The van der Waals surface area contributed by atoms with Crippen LogP contribution in [0.15, 0.2) is 23.4 Å². The molecule has 122 valence electrons. The van der Waals surface area contributed by atoms with E-state index >= 15 is 0 Å². The summed E-state index contributed by atoms with van der Waals surface area (Å²) in [5.41, 5.74) is 0.839. The molecule has 22 heavy (non-hydrogen) atoms. The van der Waals surface area contributed by atoms with E-state index in [0.29, 0.717) is 18.0 Å². The first-order valence-electron chi connectivity index (χ1n) is 6.36. The molecule has 0 aliphatic carbocycles. The number of benzene rings is 1. The summed E-state index contributed by atoms with van der Waals surface area (Å²) in [5, 5.41) is 3.61. The molecule has 0 aliphatic heterocycles. The zero-order valence-electron chi connectivity index (χ0n) is 12.6. The van der Waals surface area contributed by atoms with Crippen LogP contribution in [0.3, 0.4) is 0 Å². The smallest absolute Gasteiger partial charge is 0.256 e. The molecular weight excluding hydrogens is 331 g/mol. The summed E-state index contributed by atoms with van der Waals surface area (Å²) in [7, 11) is 4.52. The number of rotatable bonds is 8. The van der Waals surface area contributed by atoms with Crippen molar-refractivity contribution in [1.82, 2.24) is 4.90 Å². The van der Waals surface area contributed by atoms with Crippen molar-refractivity contribution in [2.75, 3.05) is 27.9 Å². The third kappa shape index (κ3) is 5.27. The van der Waals surface area contributed by atoms with Gasteiger partial charge in [-0.25, -0.2) is 0 Å². The fourth-order valence-corrected chi connectivity index (χ4v) is 2.05. The molecule has 1 aromatic carbocycles. The van der Waals surface area contributed by atoms with Gasteiger partial charge in [-0.1, -0.05) is 34.4 Å². The molecule has 0 unspecified atom stereocenters. The molecule has 0 aromatic heterocycles. The van der Waals surface area contributed by atoms with Crippen LogP contribution in [0.5, 0.6) is 11.5 Å². The summed E-state index contributed by atoms with van der Waals surface area (Å²) in [6.07, 6.45) is 1.45. The first kappa shape index (κ1) is 18.4. The largest absolute Gasteiger partial charge is 0.493 e. The number of hydrogen-bond donors (Lipinski definition) is 0. The van der Waals surface area contributed by atoms with E-state index in [4.69, 9.17) is 32.7 Å². The van der Waals surface area contributed by atoms with Gasteiger partial charge in [-0.15, -0.1) is 0 Å². The Kier molecular flexibility index (Phi) is 7.84. The number of amides is 1. The Labute approximate surface area is 139 Å². The molecule has 1 rings (SSSR count). The molecule has 1 aromatic rings. The molecule has 1 amide bonds. The van der Waals surface area contributed by atoms with Crippen molar-refractivity contribution < 1.29 is 19.1 Å². The van der Waals surface area contributed by atoms with Gasteiger partial charge in [-0.2, -0.15) is 0 Å². The molecule has 0 spiro atoms. The second kappa shape index (κ2) is 9.38. The Balaban J connectivity index is 2.93. The average Bonchev–Trinajstić information content (AvgIpc) is 2.53. The van der Waals surface area contributed by atoms with Gasteiger partial charge in [-0.3, -0.25) is 4.79 Å². The number of nitrogens with zero attached hydrogens (tertiary/aromatic N) is 2. The van der Waals surface area contributed by atoms with Crippen molar-refractivity contribution in [2.45, 2.75) is 11.4 Å². The first-order chi connectivity index (χ1) is 10.5. The molecule has 0 fully saturated rings. The summed E-state index contributed by atoms with van der Waals surface area (Å²) in [6, 6.07) is 5.37. The van der Waals surface area contributed by atoms with Crippen molar-refractivity contribution in [3.05, 3.63) is 23.8 Å². The van der Waals surface area contributed by atoms with Gasteiger partial charge in [0.1, 0.15) is 7.11 Å². The van der Waals surface area contributed by atoms with Crippen LogP contribution in [0.4, 0.5) is 0 Å². The molecule has 0 N–H and O–H groups in total. The minimum atomic E-state index is -1.14. The van der Waals surface area contributed by atoms with Crippen LogP contribution in [0, 0.1) is 0 Å². The lowest BCUT2D eigenvalue weighted by atomic mass is 10.2. The third-order valence-corrected chi connectivity index (χ3v) is 3.18. The number of carbonyl (C=O) groups is 1. The van der Waals surface area contributed by atoms with Crippen molar-refractivity contribution in [3.8, 4) is 11.5 Å². The van der Waals surface area contributed by atoms with E-state index in [2.05, 4.69) is 9.99 Å². The van der Waals surface area contributed by atoms with E-state index in [9.17, 15) is 4.79 Å². The Morgan fingerprint density at radius 2 is 1.95 bits per heavy atom. The Bertz CT molecular complexity index is 524. The van der Waals surface area contributed by atoms with Gasteiger partial charge in [0.25, 0.3) is 5.91 Å². The Hall–Kier alpha value is -1.66. The van der Waals surface area contributed by atoms with E-state index in [1.165, 1.54) is 18.2 Å². The van der Waals surface area contributed by atoms with Gasteiger partial charge >= 0.3 is 0 Å². The predicted octanol–water partition coefficient (Wildman–Crippen LogP) is 2.47. The SMILES string of the molecule is CON=CCN(Cc1ccc(OC)c(OC)c1)C(=O)C(Cl)Cl. The van der Waals surface area contributed by atoms with Gasteiger partial charge in [0.05, 0.1) is 27.0 Å². The zero-order chi connectivity index (χ0) is 16.5. The average molecular weight is 349 g/mol. The van der Waals surface area contributed by atoms with E-state index in [1.54, 1.807) is 26.4 Å². The Morgan fingerprint density at radius 3 is 2.50 bits per heavy atom. The van der Waals surface area contributed by atoms with Crippen LogP contribution < -0.4 is 9.47 Å². The van der Waals surface area contributed by atoms with Crippen LogP contribution in [0.25, 0.3) is 0 Å². The van der Waals surface area contributed by atoms with Crippen molar-refractivity contribution in [3.63, 3.8) is 0 Å². The van der Waals surface area contributed by atoms with E-state index in [0.717, 1.165) is 5.56 Å². The topological polar surface area (TPSA) is 60.4 Å². The highest BCUT2D eigenvalue weighted by Gasteiger charge is 2.20. The summed E-state index contributed by atoms with van der Waals surface area (Å²) in [5.74, 6) is 0.768. The molecule has 8 heteroatoms. The van der Waals surface area contributed by atoms with E-state index < -0.39 is 10.7 Å². The number of hydrogen-bond acceptors (Lipinski definition) is 5. The number of alkyl halides is 2. The quantitative estimate of drug-likeness (QED) is 0.411. The van der Waals surface area contributed by atoms with E-state index in [-0.39, 0.29) is 6.54 Å². The molecule has 0 atom stereocenters. The third-order valence-electron chi connectivity index (χ3n) is 2.80. The maximum absolute atomic E-state index is 12.0. The lowest BCUT2D eigenvalue weighted by Crippen LogP contribution is -2.35. The van der Waals surface area contributed by atoms with Crippen molar-refractivity contribution in [2.24, 2.45) is 5.16 Å². The standard InChI is InChI=1S/C14H18Cl2N2O4/c1-20-11-5-4-10(8-12(11)21-2)9-18(7-6-17-22-3)14(19)13(15)16/h4-6,8,13H,7,9H2,1-3H3. The second-order valence-electron chi connectivity index (χ2n) is 4.18. The minimum absolute atomic E-state index is 0.219. The molecule has 0 bridgehead atoms. The fourth-order valence-electron chi connectivity index (χ4n) is 1.78. The highest BCUT2D eigenvalue weighted by molar-refractivity contribution is 6.53. The molecule has 6 nitrogen and oxygen atoms in total. The normalized spacial score (nSPS) is 10.8. The first-order valence-corrected chi connectivity index (χ1v) is 7.23. The van der Waals surface area contributed by atoms with Gasteiger partial charge in [0.15, 0.2) is 16.3 Å². The molecule has 0 radical (unpaired) electrons. The summed E-state index contributed by atoms with van der Waals surface area (Å²) < 4.78 is 10.4. The van der Waals surface area contributed by atoms with Gasteiger partial charge < -0.3 is 19.2 Å². The molecule has 0 saturated carbocycles. The van der Waals surface area contributed by atoms with Crippen LogP contribution in [-0.2, 0) is 16.2 Å². The van der Waals surface area contributed by atoms with Crippen molar-refractivity contribution in [1.29, 1.82) is 0 Å². The Morgan fingerprint density at radius 1 is 1.27 bits per heavy atom. The second-order valence-corrected chi connectivity index (χ2v) is 5.28. The van der Waals surface area contributed by atoms with Crippen LogP contribution >= 0.6 is 23.2 Å². The molecular formula is C14H18Cl2N2O4. The maximum atomic E-state index is 12.0. The number of oxime groups is 1. The highest BCUT2D eigenvalue weighted by Crippen LogP contribution is 2.28. The van der Waals surface area contributed by atoms with Gasteiger partial charge in [0.2, 0.25) is 0 Å². The maximum Gasteiger partial charge on any atom is 0.256 e. The van der Waals surface area contributed by atoms with Crippen LogP contribution in [0.2, 0.25) is 0 Å². The van der Waals surface area contributed by atoms with Crippen LogP contribution in [-0.4, -0.2) is 49.7 Å². The number of halogens is 2. The summed E-state index contributed by atoms with van der Waals surface area (Å²) >= 11 is 11.3.